The Morgan fingerprint density at radius 1 is 1.04 bits per heavy atom. The molecule has 144 valence electrons. The number of nitrogens with one attached hydrogen (secondary N) is 2. The van der Waals surface area contributed by atoms with Gasteiger partial charge in [0.15, 0.2) is 6.61 Å². The Morgan fingerprint density at radius 3 is 2.64 bits per heavy atom. The molecular formula is C20H16Cl2N2O4. The fraction of sp³-hybridized carbons (Fsp3) is 0.100. The van der Waals surface area contributed by atoms with E-state index < -0.39 is 5.91 Å². The van der Waals surface area contributed by atoms with Gasteiger partial charge < -0.3 is 19.8 Å². The third-order valence-corrected chi connectivity index (χ3v) is 4.25. The molecule has 0 radical (unpaired) electrons. The number of anilines is 1. The lowest BCUT2D eigenvalue weighted by molar-refractivity contribution is -0.118. The van der Waals surface area contributed by atoms with Crippen LogP contribution < -0.4 is 15.4 Å². The number of hydrogen-bond donors (Lipinski definition) is 2. The summed E-state index contributed by atoms with van der Waals surface area (Å²) in [7, 11) is 0. The van der Waals surface area contributed by atoms with Gasteiger partial charge >= 0.3 is 0 Å². The van der Waals surface area contributed by atoms with Crippen LogP contribution in [0.25, 0.3) is 0 Å². The third-order valence-electron chi connectivity index (χ3n) is 3.70. The third kappa shape index (κ3) is 5.28. The van der Waals surface area contributed by atoms with Gasteiger partial charge in [-0.15, -0.1) is 0 Å². The molecule has 2 N–H and O–H groups in total. The minimum atomic E-state index is -0.442. The molecule has 3 aromatic rings. The highest BCUT2D eigenvalue weighted by Crippen LogP contribution is 2.27. The van der Waals surface area contributed by atoms with E-state index in [1.54, 1.807) is 48.5 Å². The van der Waals surface area contributed by atoms with Crippen molar-refractivity contribution in [2.45, 2.75) is 6.54 Å². The van der Waals surface area contributed by atoms with E-state index in [0.717, 1.165) is 0 Å². The maximum absolute atomic E-state index is 12.4. The van der Waals surface area contributed by atoms with Crippen LogP contribution in [0.4, 0.5) is 5.69 Å². The summed E-state index contributed by atoms with van der Waals surface area (Å²) < 4.78 is 10.6. The molecule has 0 aliphatic heterocycles. The molecule has 2 amide bonds. The summed E-state index contributed by atoms with van der Waals surface area (Å²) in [6.07, 6.45) is 1.53. The molecule has 0 aliphatic carbocycles. The first-order valence-electron chi connectivity index (χ1n) is 8.30. The molecule has 1 aromatic heterocycles. The Kier molecular flexibility index (Phi) is 6.57. The summed E-state index contributed by atoms with van der Waals surface area (Å²) in [6.45, 7) is -0.0487. The van der Waals surface area contributed by atoms with Crippen LogP contribution in [0.1, 0.15) is 16.1 Å². The molecule has 3 rings (SSSR count). The fourth-order valence-corrected chi connectivity index (χ4v) is 2.72. The van der Waals surface area contributed by atoms with Crippen molar-refractivity contribution in [3.8, 4) is 5.75 Å². The quantitative estimate of drug-likeness (QED) is 0.590. The zero-order valence-electron chi connectivity index (χ0n) is 14.6. The van der Waals surface area contributed by atoms with Crippen LogP contribution in [-0.4, -0.2) is 18.4 Å². The second-order valence-electron chi connectivity index (χ2n) is 5.72. The maximum atomic E-state index is 12.4. The van der Waals surface area contributed by atoms with Gasteiger partial charge in [-0.3, -0.25) is 9.59 Å². The van der Waals surface area contributed by atoms with E-state index in [1.165, 1.54) is 12.3 Å². The monoisotopic (exact) mass is 418 g/mol. The minimum absolute atomic E-state index is 0.241. The first-order chi connectivity index (χ1) is 13.5. The van der Waals surface area contributed by atoms with E-state index >= 15 is 0 Å². The fourth-order valence-electron chi connectivity index (χ4n) is 2.38. The van der Waals surface area contributed by atoms with Crippen molar-refractivity contribution in [3.63, 3.8) is 0 Å². The number of amides is 2. The average Bonchev–Trinajstić information content (AvgIpc) is 3.21. The first kappa shape index (κ1) is 19.8. The number of carbonyl (C=O) groups is 2. The highest BCUT2D eigenvalue weighted by Gasteiger charge is 2.14. The number of furan rings is 1. The second-order valence-corrected chi connectivity index (χ2v) is 6.56. The van der Waals surface area contributed by atoms with Gasteiger partial charge in [0.25, 0.3) is 11.8 Å². The number of hydrogen-bond acceptors (Lipinski definition) is 4. The van der Waals surface area contributed by atoms with Crippen molar-refractivity contribution in [1.82, 2.24) is 5.32 Å². The van der Waals surface area contributed by atoms with Crippen LogP contribution in [-0.2, 0) is 11.3 Å². The van der Waals surface area contributed by atoms with E-state index in [9.17, 15) is 9.59 Å². The molecule has 0 spiro atoms. The number of ether oxygens (including phenoxy) is 1. The lowest BCUT2D eigenvalue weighted by Crippen LogP contribution is -2.26. The molecule has 28 heavy (non-hydrogen) atoms. The van der Waals surface area contributed by atoms with Gasteiger partial charge in [0.05, 0.1) is 29.1 Å². The number of carbonyl (C=O) groups excluding carboxylic acids is 2. The topological polar surface area (TPSA) is 80.6 Å². The van der Waals surface area contributed by atoms with Crippen molar-refractivity contribution in [1.29, 1.82) is 0 Å². The average molecular weight is 419 g/mol. The summed E-state index contributed by atoms with van der Waals surface area (Å²) in [5.74, 6) is 0.142. The smallest absolute Gasteiger partial charge is 0.262 e. The van der Waals surface area contributed by atoms with Gasteiger partial charge in [-0.05, 0) is 36.4 Å². The molecular weight excluding hydrogens is 403 g/mol. The number of para-hydroxylation sites is 1. The molecule has 0 saturated carbocycles. The highest BCUT2D eigenvalue weighted by atomic mass is 35.5. The maximum Gasteiger partial charge on any atom is 0.262 e. The van der Waals surface area contributed by atoms with Gasteiger partial charge in [-0.25, -0.2) is 0 Å². The minimum Gasteiger partial charge on any atom is -0.482 e. The zero-order valence-corrected chi connectivity index (χ0v) is 16.1. The van der Waals surface area contributed by atoms with Crippen molar-refractivity contribution in [3.05, 3.63) is 82.2 Å². The molecule has 0 bridgehead atoms. The molecule has 8 heteroatoms. The lowest BCUT2D eigenvalue weighted by Gasteiger charge is -2.12. The van der Waals surface area contributed by atoms with Gasteiger partial charge in [-0.1, -0.05) is 35.3 Å². The number of halogens is 2. The first-order valence-corrected chi connectivity index (χ1v) is 9.06. The largest absolute Gasteiger partial charge is 0.482 e. The normalized spacial score (nSPS) is 10.4. The van der Waals surface area contributed by atoms with Crippen molar-refractivity contribution in [2.75, 3.05) is 11.9 Å². The summed E-state index contributed by atoms with van der Waals surface area (Å²) >= 11 is 11.9. The molecule has 0 fully saturated rings. The van der Waals surface area contributed by atoms with Crippen LogP contribution in [0.3, 0.4) is 0 Å². The Balaban J connectivity index is 1.61. The Morgan fingerprint density at radius 2 is 1.86 bits per heavy atom. The summed E-state index contributed by atoms with van der Waals surface area (Å²) in [4.78, 5) is 24.7. The second kappa shape index (κ2) is 9.30. The highest BCUT2D eigenvalue weighted by molar-refractivity contribution is 6.34. The van der Waals surface area contributed by atoms with E-state index in [1.807, 2.05) is 0 Å². The van der Waals surface area contributed by atoms with Crippen LogP contribution in [0.5, 0.6) is 5.75 Å². The molecule has 2 aromatic carbocycles. The Bertz CT molecular complexity index is 974. The predicted octanol–water partition coefficient (Wildman–Crippen LogP) is 4.53. The molecule has 0 unspecified atom stereocenters. The zero-order chi connectivity index (χ0) is 19.9. The molecule has 0 aliphatic rings. The molecule has 6 nitrogen and oxygen atoms in total. The van der Waals surface area contributed by atoms with Crippen LogP contribution >= 0.6 is 23.2 Å². The van der Waals surface area contributed by atoms with Gasteiger partial charge in [-0.2, -0.15) is 0 Å². The van der Waals surface area contributed by atoms with E-state index in [-0.39, 0.29) is 19.1 Å². The van der Waals surface area contributed by atoms with Crippen LogP contribution in [0, 0.1) is 0 Å². The van der Waals surface area contributed by atoms with Gasteiger partial charge in [0, 0.05) is 11.1 Å². The molecule has 1 heterocycles. The van der Waals surface area contributed by atoms with Crippen LogP contribution in [0.2, 0.25) is 10.0 Å². The molecule has 0 atom stereocenters. The Labute approximate surface area is 171 Å². The van der Waals surface area contributed by atoms with Gasteiger partial charge in [0.1, 0.15) is 11.5 Å². The van der Waals surface area contributed by atoms with Crippen LogP contribution in [0.15, 0.2) is 65.3 Å². The summed E-state index contributed by atoms with van der Waals surface area (Å²) in [5.41, 5.74) is 0.688. The summed E-state index contributed by atoms with van der Waals surface area (Å²) in [6, 6.07) is 14.9. The predicted molar refractivity (Wildman–Crippen MR) is 107 cm³/mol. The SMILES string of the molecule is O=C(COc1cc(Cl)ccc1Cl)Nc1ccccc1C(=O)NCc1ccco1. The van der Waals surface area contributed by atoms with Gasteiger partial charge in [0.2, 0.25) is 0 Å². The summed E-state index contributed by atoms with van der Waals surface area (Å²) in [5, 5.41) is 6.19. The van der Waals surface area contributed by atoms with E-state index in [0.29, 0.717) is 32.8 Å². The van der Waals surface area contributed by atoms with Crippen molar-refractivity contribution < 1.29 is 18.7 Å². The van der Waals surface area contributed by atoms with Crippen molar-refractivity contribution in [2.24, 2.45) is 0 Å². The van der Waals surface area contributed by atoms with E-state index in [2.05, 4.69) is 10.6 Å². The lowest BCUT2D eigenvalue weighted by atomic mass is 10.1. The Hall–Kier alpha value is -2.96. The molecule has 0 saturated heterocycles. The van der Waals surface area contributed by atoms with Crippen molar-refractivity contribution >= 4 is 40.7 Å². The van der Waals surface area contributed by atoms with E-state index in [4.69, 9.17) is 32.4 Å². The number of rotatable bonds is 7. The standard InChI is InChI=1S/C20H16Cl2N2O4/c21-13-7-8-16(22)18(10-13)28-12-19(25)24-17-6-2-1-5-15(17)20(26)23-11-14-4-3-9-27-14/h1-10H,11-12H2,(H,23,26)(H,24,25). The number of benzene rings is 2.